The minimum atomic E-state index is -0.726. The third-order valence-corrected chi connectivity index (χ3v) is 8.02. The van der Waals surface area contributed by atoms with Gasteiger partial charge in [-0.25, -0.2) is 14.3 Å². The molecule has 2 aliphatic rings. The number of aliphatic hydroxyl groups is 1. The van der Waals surface area contributed by atoms with E-state index in [0.29, 0.717) is 30.9 Å². The number of cyclic esters (lactones) is 1. The summed E-state index contributed by atoms with van der Waals surface area (Å²) in [6.45, 7) is 5.98. The van der Waals surface area contributed by atoms with Gasteiger partial charge >= 0.3 is 5.97 Å². The van der Waals surface area contributed by atoms with Gasteiger partial charge in [0.2, 0.25) is 0 Å². The second-order valence-electron chi connectivity index (χ2n) is 10.5. The summed E-state index contributed by atoms with van der Waals surface area (Å²) < 4.78 is 13.6. The molecule has 5 rings (SSSR count). The summed E-state index contributed by atoms with van der Waals surface area (Å²) in [7, 11) is 1.68. The van der Waals surface area contributed by atoms with Gasteiger partial charge in [-0.1, -0.05) is 31.9 Å². The highest BCUT2D eigenvalue weighted by Crippen LogP contribution is 2.46. The lowest BCUT2D eigenvalue weighted by molar-refractivity contribution is -0.167. The second-order valence-corrected chi connectivity index (χ2v) is 10.5. The molecular formula is C29H36N4O4. The molecule has 196 valence electrons. The van der Waals surface area contributed by atoms with E-state index in [9.17, 15) is 9.90 Å². The van der Waals surface area contributed by atoms with E-state index >= 15 is 0 Å². The summed E-state index contributed by atoms with van der Waals surface area (Å²) >= 11 is 0. The van der Waals surface area contributed by atoms with Crippen molar-refractivity contribution >= 4 is 11.7 Å². The van der Waals surface area contributed by atoms with Crippen LogP contribution in [-0.4, -0.2) is 43.4 Å². The van der Waals surface area contributed by atoms with Crippen LogP contribution >= 0.6 is 0 Å². The lowest BCUT2D eigenvalue weighted by Gasteiger charge is -2.42. The number of ether oxygens (including phenoxy) is 2. The normalized spacial score (nSPS) is 20.6. The third-order valence-electron chi connectivity index (χ3n) is 8.02. The molecule has 1 saturated carbocycles. The number of fused-ring (bicyclic) bond motifs is 1. The number of aliphatic hydroxyl groups excluding tert-OH is 1. The van der Waals surface area contributed by atoms with Crippen LogP contribution in [0.4, 0.5) is 0 Å². The summed E-state index contributed by atoms with van der Waals surface area (Å²) in [5, 5.41) is 15.7. The largest absolute Gasteiger partial charge is 0.512 e. The van der Waals surface area contributed by atoms with Crippen LogP contribution in [0.15, 0.2) is 35.6 Å². The molecule has 1 aliphatic heterocycles. The van der Waals surface area contributed by atoms with Crippen LogP contribution in [0.25, 0.3) is 5.78 Å². The van der Waals surface area contributed by atoms with Crippen molar-refractivity contribution in [3.63, 3.8) is 0 Å². The van der Waals surface area contributed by atoms with Crippen molar-refractivity contribution in [1.82, 2.24) is 19.6 Å². The minimum absolute atomic E-state index is 0.0946. The Kier molecular flexibility index (Phi) is 6.92. The maximum absolute atomic E-state index is 13.4. The van der Waals surface area contributed by atoms with Crippen LogP contribution in [-0.2, 0) is 28.8 Å². The van der Waals surface area contributed by atoms with Gasteiger partial charge in [-0.15, -0.1) is 5.10 Å². The number of benzene rings is 1. The van der Waals surface area contributed by atoms with Gasteiger partial charge in [-0.2, -0.15) is 4.98 Å². The number of aromatic nitrogens is 4. The highest BCUT2D eigenvalue weighted by molar-refractivity contribution is 5.90. The zero-order chi connectivity index (χ0) is 26.2. The summed E-state index contributed by atoms with van der Waals surface area (Å²) in [4.78, 5) is 22.3. The maximum Gasteiger partial charge on any atom is 0.338 e. The quantitative estimate of drug-likeness (QED) is 0.422. The molecule has 3 aromatic rings. The highest BCUT2D eigenvalue weighted by Gasteiger charge is 2.48. The Morgan fingerprint density at radius 1 is 1.19 bits per heavy atom. The Balaban J connectivity index is 1.42. The number of rotatable bonds is 8. The molecule has 2 aromatic heterocycles. The maximum atomic E-state index is 13.4. The Morgan fingerprint density at radius 2 is 1.97 bits per heavy atom. The first-order chi connectivity index (χ1) is 17.8. The first-order valence-electron chi connectivity index (χ1n) is 13.3. The molecule has 1 aliphatic carbocycles. The fourth-order valence-corrected chi connectivity index (χ4v) is 6.02. The van der Waals surface area contributed by atoms with Gasteiger partial charge in [0.05, 0.1) is 12.7 Å². The Bertz CT molecular complexity index is 1360. The molecule has 0 saturated heterocycles. The van der Waals surface area contributed by atoms with Crippen LogP contribution in [0.5, 0.6) is 5.75 Å². The van der Waals surface area contributed by atoms with Crippen molar-refractivity contribution in [2.45, 2.75) is 84.2 Å². The molecule has 0 spiro atoms. The average Bonchev–Trinajstić information content (AvgIpc) is 3.55. The molecule has 0 radical (unpaired) electrons. The first-order valence-corrected chi connectivity index (χ1v) is 13.3. The van der Waals surface area contributed by atoms with Crippen LogP contribution in [0.1, 0.15) is 73.8 Å². The van der Waals surface area contributed by atoms with Crippen molar-refractivity contribution in [1.29, 1.82) is 0 Å². The topological polar surface area (TPSA) is 98.8 Å². The SMILES string of the molecule is CCc1ccc(OC)c(CCC2(C3CCCC3)CC(O)=C(Cc3nc4nc(C)cc(C)n4n3)C(=O)O2)c1. The van der Waals surface area contributed by atoms with Gasteiger partial charge < -0.3 is 14.6 Å². The van der Waals surface area contributed by atoms with Crippen molar-refractivity contribution in [2.75, 3.05) is 7.11 Å². The first kappa shape index (κ1) is 25.2. The number of nitrogens with zero attached hydrogens (tertiary/aromatic N) is 4. The fraction of sp³-hybridized carbons (Fsp3) is 0.517. The molecule has 8 heteroatoms. The second kappa shape index (κ2) is 10.1. The van der Waals surface area contributed by atoms with E-state index in [1.807, 2.05) is 26.0 Å². The van der Waals surface area contributed by atoms with E-state index in [1.165, 1.54) is 5.56 Å². The van der Waals surface area contributed by atoms with Gasteiger partial charge in [0.25, 0.3) is 5.78 Å². The molecule has 0 amide bonds. The summed E-state index contributed by atoms with van der Waals surface area (Å²) in [5.74, 6) is 1.62. The van der Waals surface area contributed by atoms with Gasteiger partial charge in [0.1, 0.15) is 17.1 Å². The Hall–Kier alpha value is -3.42. The molecule has 37 heavy (non-hydrogen) atoms. The number of carbonyl (C=O) groups is 1. The lowest BCUT2D eigenvalue weighted by atomic mass is 9.76. The number of esters is 1. The van der Waals surface area contributed by atoms with E-state index < -0.39 is 11.6 Å². The number of methoxy groups -OCH3 is 1. The molecule has 1 N–H and O–H groups in total. The van der Waals surface area contributed by atoms with E-state index in [1.54, 1.807) is 11.6 Å². The molecule has 0 bridgehead atoms. The predicted molar refractivity (Wildman–Crippen MR) is 140 cm³/mol. The van der Waals surface area contributed by atoms with Gasteiger partial charge in [-0.3, -0.25) is 0 Å². The number of hydrogen-bond donors (Lipinski definition) is 1. The van der Waals surface area contributed by atoms with Crippen LogP contribution < -0.4 is 4.74 Å². The fourth-order valence-electron chi connectivity index (χ4n) is 6.02. The zero-order valence-corrected chi connectivity index (χ0v) is 22.2. The summed E-state index contributed by atoms with van der Waals surface area (Å²) in [6.07, 6.45) is 6.96. The van der Waals surface area contributed by atoms with Crippen LogP contribution in [0.2, 0.25) is 0 Å². The predicted octanol–water partition coefficient (Wildman–Crippen LogP) is 5.18. The highest BCUT2D eigenvalue weighted by atomic mass is 16.6. The van der Waals surface area contributed by atoms with Crippen molar-refractivity contribution in [2.24, 2.45) is 5.92 Å². The Morgan fingerprint density at radius 3 is 2.68 bits per heavy atom. The molecule has 8 nitrogen and oxygen atoms in total. The third kappa shape index (κ3) is 4.93. The van der Waals surface area contributed by atoms with Gasteiger partial charge in [0.15, 0.2) is 5.82 Å². The van der Waals surface area contributed by atoms with Crippen LogP contribution in [0, 0.1) is 19.8 Å². The van der Waals surface area contributed by atoms with E-state index in [4.69, 9.17) is 9.47 Å². The molecule has 1 unspecified atom stereocenters. The molecular weight excluding hydrogens is 468 g/mol. The van der Waals surface area contributed by atoms with Crippen molar-refractivity contribution in [3.8, 4) is 5.75 Å². The Labute approximate surface area is 217 Å². The minimum Gasteiger partial charge on any atom is -0.512 e. The van der Waals surface area contributed by atoms with E-state index in [-0.39, 0.29) is 23.7 Å². The van der Waals surface area contributed by atoms with Gasteiger partial charge in [-0.05, 0) is 75.1 Å². The molecule has 1 fully saturated rings. The average molecular weight is 505 g/mol. The smallest absolute Gasteiger partial charge is 0.338 e. The van der Waals surface area contributed by atoms with E-state index in [2.05, 4.69) is 34.1 Å². The van der Waals surface area contributed by atoms with Crippen molar-refractivity contribution in [3.05, 3.63) is 63.9 Å². The zero-order valence-electron chi connectivity index (χ0n) is 22.2. The molecule has 1 aromatic carbocycles. The standard InChI is InChI=1S/C29H36N4O4/c1-5-20-10-11-25(36-4)21(15-20)12-13-29(22-8-6-7-9-22)17-24(34)23(27(35)37-29)16-26-31-28-30-18(2)14-19(3)33(28)32-26/h10-11,14-15,22,34H,5-9,12-13,16-17H2,1-4H3. The number of carbonyl (C=O) groups excluding carboxylic acids is 1. The molecule has 3 heterocycles. The number of aryl methyl sites for hydroxylation is 4. The molecule has 1 atom stereocenters. The van der Waals surface area contributed by atoms with Crippen molar-refractivity contribution < 1.29 is 19.4 Å². The van der Waals surface area contributed by atoms with E-state index in [0.717, 1.165) is 54.8 Å². The van der Waals surface area contributed by atoms with Crippen LogP contribution in [0.3, 0.4) is 0 Å². The monoisotopic (exact) mass is 504 g/mol. The summed E-state index contributed by atoms with van der Waals surface area (Å²) in [6, 6.07) is 8.21. The summed E-state index contributed by atoms with van der Waals surface area (Å²) in [5.41, 5.74) is 3.63. The number of hydrogen-bond acceptors (Lipinski definition) is 7. The lowest BCUT2D eigenvalue weighted by Crippen LogP contribution is -2.46. The van der Waals surface area contributed by atoms with Gasteiger partial charge in [0, 0.05) is 24.2 Å².